The Morgan fingerprint density at radius 2 is 2.11 bits per heavy atom. The number of nitrogens with one attached hydrogen (secondary N) is 1. The summed E-state index contributed by atoms with van der Waals surface area (Å²) in [5.74, 6) is 0.867. The van der Waals surface area contributed by atoms with Crippen molar-refractivity contribution in [3.8, 4) is 5.75 Å². The zero-order valence-electron chi connectivity index (χ0n) is 12.4. The second-order valence-electron chi connectivity index (χ2n) is 5.72. The average Bonchev–Trinajstić information content (AvgIpc) is 2.71. The fourth-order valence-electron chi connectivity index (χ4n) is 1.64. The monoisotopic (exact) mass is 253 g/mol. The third-order valence-electron chi connectivity index (χ3n) is 2.68. The van der Waals surface area contributed by atoms with E-state index in [-0.39, 0.29) is 11.6 Å². The molecule has 0 bridgehead atoms. The molecule has 18 heavy (non-hydrogen) atoms. The van der Waals surface area contributed by atoms with E-state index in [1.165, 1.54) is 0 Å². The molecule has 0 spiro atoms. The average molecular weight is 253 g/mol. The summed E-state index contributed by atoms with van der Waals surface area (Å²) in [6.07, 6.45) is 6.05. The van der Waals surface area contributed by atoms with Crippen molar-refractivity contribution < 1.29 is 4.74 Å². The first-order chi connectivity index (χ1) is 8.44. The second kappa shape index (κ2) is 6.78. The van der Waals surface area contributed by atoms with E-state index in [4.69, 9.17) is 4.74 Å². The van der Waals surface area contributed by atoms with E-state index in [0.29, 0.717) is 0 Å². The Kier molecular flexibility index (Phi) is 5.66. The molecule has 0 saturated carbocycles. The van der Waals surface area contributed by atoms with Crippen LogP contribution in [0.4, 0.5) is 0 Å². The molecule has 0 aromatic carbocycles. The molecule has 1 N–H and O–H groups in total. The molecule has 1 aromatic rings. The molecule has 104 valence electrons. The highest BCUT2D eigenvalue weighted by molar-refractivity contribution is 5.12. The van der Waals surface area contributed by atoms with Gasteiger partial charge in [0.1, 0.15) is 6.10 Å². The Balaban J connectivity index is 2.46. The summed E-state index contributed by atoms with van der Waals surface area (Å²) in [7, 11) is 0. The maximum atomic E-state index is 5.94. The normalized spacial score (nSPS) is 13.6. The minimum Gasteiger partial charge on any atom is -0.486 e. The van der Waals surface area contributed by atoms with Crippen LogP contribution in [0.15, 0.2) is 12.4 Å². The molecule has 4 heteroatoms. The van der Waals surface area contributed by atoms with Crippen LogP contribution in [0.2, 0.25) is 0 Å². The molecule has 0 saturated heterocycles. The minimum absolute atomic E-state index is 0.128. The van der Waals surface area contributed by atoms with Crippen LogP contribution >= 0.6 is 0 Å². The van der Waals surface area contributed by atoms with Crippen molar-refractivity contribution >= 4 is 0 Å². The summed E-state index contributed by atoms with van der Waals surface area (Å²) in [6.45, 7) is 12.6. The topological polar surface area (TPSA) is 39.1 Å². The van der Waals surface area contributed by atoms with Crippen LogP contribution in [0.3, 0.4) is 0 Å². The fourth-order valence-corrected chi connectivity index (χ4v) is 1.64. The van der Waals surface area contributed by atoms with Crippen LogP contribution in [0.1, 0.15) is 47.5 Å². The quantitative estimate of drug-likeness (QED) is 0.812. The number of aromatic nitrogens is 2. The number of ether oxygens (including phenoxy) is 1. The summed E-state index contributed by atoms with van der Waals surface area (Å²) in [5.41, 5.74) is 0.128. The molecular weight excluding hydrogens is 226 g/mol. The molecule has 1 unspecified atom stereocenters. The van der Waals surface area contributed by atoms with E-state index in [1.54, 1.807) is 6.20 Å². The van der Waals surface area contributed by atoms with Gasteiger partial charge in [0.25, 0.3) is 0 Å². The molecule has 4 nitrogen and oxygen atoms in total. The number of nitrogens with zero attached hydrogens (tertiary/aromatic N) is 2. The van der Waals surface area contributed by atoms with Gasteiger partial charge in [0.15, 0.2) is 5.75 Å². The third kappa shape index (κ3) is 5.54. The van der Waals surface area contributed by atoms with Crippen LogP contribution in [0.25, 0.3) is 0 Å². The summed E-state index contributed by atoms with van der Waals surface area (Å²) >= 11 is 0. The first kappa shape index (κ1) is 15.0. The molecule has 1 aromatic heterocycles. The van der Waals surface area contributed by atoms with Crippen LogP contribution < -0.4 is 10.1 Å². The predicted molar refractivity (Wildman–Crippen MR) is 75.0 cm³/mol. The number of hydrogen-bond acceptors (Lipinski definition) is 3. The van der Waals surface area contributed by atoms with Gasteiger partial charge in [0.05, 0.1) is 12.4 Å². The molecule has 0 amide bonds. The highest BCUT2D eigenvalue weighted by atomic mass is 16.5. The molecular formula is C14H27N3O. The van der Waals surface area contributed by atoms with E-state index in [2.05, 4.69) is 45.0 Å². The zero-order valence-corrected chi connectivity index (χ0v) is 12.4. The Morgan fingerprint density at radius 1 is 1.39 bits per heavy atom. The van der Waals surface area contributed by atoms with Gasteiger partial charge in [-0.3, -0.25) is 4.68 Å². The second-order valence-corrected chi connectivity index (χ2v) is 5.72. The Morgan fingerprint density at radius 3 is 2.67 bits per heavy atom. The fraction of sp³-hybridized carbons (Fsp3) is 0.786. The third-order valence-corrected chi connectivity index (χ3v) is 2.68. The maximum Gasteiger partial charge on any atom is 0.157 e. The lowest BCUT2D eigenvalue weighted by Crippen LogP contribution is -2.42. The van der Waals surface area contributed by atoms with Gasteiger partial charge in [-0.2, -0.15) is 5.10 Å². The van der Waals surface area contributed by atoms with E-state index >= 15 is 0 Å². The highest BCUT2D eigenvalue weighted by Gasteiger charge is 2.14. The largest absolute Gasteiger partial charge is 0.486 e. The molecule has 0 radical (unpaired) electrons. The summed E-state index contributed by atoms with van der Waals surface area (Å²) < 4.78 is 7.87. The molecule has 0 fully saturated rings. The Labute approximate surface area is 111 Å². The van der Waals surface area contributed by atoms with Crippen LogP contribution in [-0.2, 0) is 6.54 Å². The lowest BCUT2D eigenvalue weighted by molar-refractivity contribution is 0.181. The summed E-state index contributed by atoms with van der Waals surface area (Å²) in [5, 5.41) is 7.75. The molecule has 0 aliphatic carbocycles. The lowest BCUT2D eigenvalue weighted by Gasteiger charge is -2.24. The Hall–Kier alpha value is -1.03. The molecule has 1 atom stereocenters. The van der Waals surface area contributed by atoms with Crippen molar-refractivity contribution in [2.75, 3.05) is 6.54 Å². The smallest absolute Gasteiger partial charge is 0.157 e. The van der Waals surface area contributed by atoms with E-state index in [0.717, 1.165) is 31.7 Å². The van der Waals surface area contributed by atoms with Crippen molar-refractivity contribution in [1.29, 1.82) is 0 Å². The maximum absolute atomic E-state index is 5.94. The zero-order chi connectivity index (χ0) is 13.6. The lowest BCUT2D eigenvalue weighted by atomic mass is 10.1. The van der Waals surface area contributed by atoms with Crippen LogP contribution in [0.5, 0.6) is 5.75 Å². The van der Waals surface area contributed by atoms with Gasteiger partial charge in [-0.1, -0.05) is 13.8 Å². The number of aryl methyl sites for hydroxylation is 1. The van der Waals surface area contributed by atoms with Gasteiger partial charge in [-0.05, 0) is 33.6 Å². The first-order valence-corrected chi connectivity index (χ1v) is 6.88. The van der Waals surface area contributed by atoms with Gasteiger partial charge >= 0.3 is 0 Å². The highest BCUT2D eigenvalue weighted by Crippen LogP contribution is 2.13. The van der Waals surface area contributed by atoms with Crippen LogP contribution in [-0.4, -0.2) is 28.0 Å². The van der Waals surface area contributed by atoms with Gasteiger partial charge in [-0.15, -0.1) is 0 Å². The minimum atomic E-state index is 0.128. The molecule has 0 aliphatic rings. The van der Waals surface area contributed by atoms with Crippen molar-refractivity contribution in [1.82, 2.24) is 15.1 Å². The van der Waals surface area contributed by atoms with Gasteiger partial charge < -0.3 is 10.1 Å². The number of hydrogen-bond donors (Lipinski definition) is 1. The van der Waals surface area contributed by atoms with Gasteiger partial charge in [-0.25, -0.2) is 0 Å². The van der Waals surface area contributed by atoms with Crippen molar-refractivity contribution in [3.63, 3.8) is 0 Å². The van der Waals surface area contributed by atoms with Gasteiger partial charge in [0.2, 0.25) is 0 Å². The Bertz CT molecular complexity index is 341. The standard InChI is InChI=1S/C14H27N3O/c1-6-8-17-11-13(10-16-17)18-12(7-2)9-15-14(3,4)5/h10-12,15H,6-9H2,1-5H3. The van der Waals surface area contributed by atoms with E-state index in [9.17, 15) is 0 Å². The van der Waals surface area contributed by atoms with Gasteiger partial charge in [0, 0.05) is 18.6 Å². The van der Waals surface area contributed by atoms with Crippen molar-refractivity contribution in [3.05, 3.63) is 12.4 Å². The van der Waals surface area contributed by atoms with E-state index in [1.807, 2.05) is 10.9 Å². The first-order valence-electron chi connectivity index (χ1n) is 6.88. The molecule has 1 rings (SSSR count). The predicted octanol–water partition coefficient (Wildman–Crippen LogP) is 2.84. The summed E-state index contributed by atoms with van der Waals surface area (Å²) in [4.78, 5) is 0. The summed E-state index contributed by atoms with van der Waals surface area (Å²) in [6, 6.07) is 0. The SMILES string of the molecule is CCCn1cc(OC(CC)CNC(C)(C)C)cn1. The van der Waals surface area contributed by atoms with Crippen molar-refractivity contribution in [2.45, 2.75) is 65.6 Å². The number of rotatable bonds is 7. The molecule has 0 aliphatic heterocycles. The molecule has 1 heterocycles. The van der Waals surface area contributed by atoms with E-state index < -0.39 is 0 Å². The van der Waals surface area contributed by atoms with Crippen LogP contribution in [0, 0.1) is 0 Å². The van der Waals surface area contributed by atoms with Crippen molar-refractivity contribution in [2.24, 2.45) is 0 Å².